The van der Waals surface area contributed by atoms with Crippen molar-refractivity contribution in [3.8, 4) is 0 Å². The molecule has 0 amide bonds. The Labute approximate surface area is 98.2 Å². The predicted octanol–water partition coefficient (Wildman–Crippen LogP) is 1.62. The first-order valence-electron chi connectivity index (χ1n) is 5.77. The summed E-state index contributed by atoms with van der Waals surface area (Å²) in [5, 5.41) is 0. The molecule has 0 radical (unpaired) electrons. The fraction of sp³-hybridized carbons (Fsp3) is 0.417. The molecule has 2 atom stereocenters. The van der Waals surface area contributed by atoms with Crippen LogP contribution in [-0.4, -0.2) is 27.5 Å². The van der Waals surface area contributed by atoms with Crippen molar-refractivity contribution in [2.45, 2.75) is 19.3 Å². The van der Waals surface area contributed by atoms with Crippen LogP contribution in [0.4, 0.5) is 0 Å². The van der Waals surface area contributed by atoms with Crippen molar-refractivity contribution in [2.24, 2.45) is 5.92 Å². The topological polar surface area (TPSA) is 67.9 Å². The zero-order valence-corrected chi connectivity index (χ0v) is 9.51. The number of nitrogens with one attached hydrogen (secondary N) is 1. The number of H-pyrrole nitrogens is 1. The second-order valence-electron chi connectivity index (χ2n) is 4.19. The zero-order chi connectivity index (χ0) is 11.8. The molecule has 1 aliphatic carbocycles. The third kappa shape index (κ3) is 1.77. The van der Waals surface area contributed by atoms with Gasteiger partial charge in [0.1, 0.15) is 11.3 Å². The number of carbonyl (C=O) groups excluding carboxylic acids is 1. The van der Waals surface area contributed by atoms with Crippen molar-refractivity contribution in [3.63, 3.8) is 0 Å². The van der Waals surface area contributed by atoms with E-state index in [2.05, 4.69) is 15.0 Å². The Balaban J connectivity index is 1.80. The molecule has 0 saturated heterocycles. The highest BCUT2D eigenvalue weighted by Crippen LogP contribution is 2.47. The normalized spacial score (nSPS) is 22.6. The molecular formula is C12H13N3O2. The van der Waals surface area contributed by atoms with Gasteiger partial charge in [0.05, 0.1) is 12.5 Å². The molecular weight excluding hydrogens is 218 g/mol. The second kappa shape index (κ2) is 3.84. The van der Waals surface area contributed by atoms with E-state index in [-0.39, 0.29) is 17.8 Å². The van der Waals surface area contributed by atoms with Crippen LogP contribution >= 0.6 is 0 Å². The maximum Gasteiger partial charge on any atom is 0.309 e. The first kappa shape index (κ1) is 10.3. The minimum atomic E-state index is -0.120. The SMILES string of the molecule is CCOC(=O)[C@@H]1C[C@H]1c1nc2cccnc2[nH]1. The van der Waals surface area contributed by atoms with Crippen molar-refractivity contribution in [1.82, 2.24) is 15.0 Å². The summed E-state index contributed by atoms with van der Waals surface area (Å²) in [7, 11) is 0. The summed E-state index contributed by atoms with van der Waals surface area (Å²) in [6, 6.07) is 3.76. The number of rotatable bonds is 3. The number of esters is 1. The average molecular weight is 231 g/mol. The van der Waals surface area contributed by atoms with Gasteiger partial charge in [-0.25, -0.2) is 9.97 Å². The minimum absolute atomic E-state index is 0.0319. The van der Waals surface area contributed by atoms with E-state index in [4.69, 9.17) is 4.74 Å². The molecule has 5 nitrogen and oxygen atoms in total. The van der Waals surface area contributed by atoms with Gasteiger partial charge in [0.15, 0.2) is 5.65 Å². The summed E-state index contributed by atoms with van der Waals surface area (Å²) in [5.74, 6) is 0.862. The van der Waals surface area contributed by atoms with Crippen molar-refractivity contribution in [3.05, 3.63) is 24.2 Å². The van der Waals surface area contributed by atoms with Crippen LogP contribution in [0.25, 0.3) is 11.2 Å². The number of imidazole rings is 1. The van der Waals surface area contributed by atoms with Crippen LogP contribution < -0.4 is 0 Å². The number of aromatic nitrogens is 3. The molecule has 1 fully saturated rings. The van der Waals surface area contributed by atoms with Crippen molar-refractivity contribution >= 4 is 17.1 Å². The third-order valence-electron chi connectivity index (χ3n) is 3.00. The molecule has 1 aliphatic rings. The Bertz CT molecular complexity index is 531. The highest BCUT2D eigenvalue weighted by Gasteiger charge is 2.47. The fourth-order valence-corrected chi connectivity index (χ4v) is 2.04. The molecule has 0 aromatic carbocycles. The Kier molecular flexibility index (Phi) is 2.31. The van der Waals surface area contributed by atoms with Crippen molar-refractivity contribution in [2.75, 3.05) is 6.61 Å². The monoisotopic (exact) mass is 231 g/mol. The van der Waals surface area contributed by atoms with E-state index in [1.807, 2.05) is 19.1 Å². The van der Waals surface area contributed by atoms with Gasteiger partial charge in [-0.05, 0) is 25.5 Å². The molecule has 1 N–H and O–H groups in total. The number of hydrogen-bond acceptors (Lipinski definition) is 4. The maximum atomic E-state index is 11.5. The highest BCUT2D eigenvalue weighted by atomic mass is 16.5. The molecule has 2 heterocycles. The summed E-state index contributed by atoms with van der Waals surface area (Å²) in [5.41, 5.74) is 1.62. The lowest BCUT2D eigenvalue weighted by atomic mass is 10.3. The molecule has 5 heteroatoms. The summed E-state index contributed by atoms with van der Waals surface area (Å²) < 4.78 is 5.00. The Morgan fingerprint density at radius 2 is 2.53 bits per heavy atom. The van der Waals surface area contributed by atoms with Gasteiger partial charge in [-0.2, -0.15) is 0 Å². The van der Waals surface area contributed by atoms with E-state index in [0.29, 0.717) is 6.61 Å². The van der Waals surface area contributed by atoms with Crippen LogP contribution in [0, 0.1) is 5.92 Å². The molecule has 0 spiro atoms. The van der Waals surface area contributed by atoms with Crippen molar-refractivity contribution in [1.29, 1.82) is 0 Å². The summed E-state index contributed by atoms with van der Waals surface area (Å²) in [6.07, 6.45) is 2.54. The molecule has 0 bridgehead atoms. The van der Waals surface area contributed by atoms with Gasteiger partial charge >= 0.3 is 5.97 Å². The van der Waals surface area contributed by atoms with Gasteiger partial charge < -0.3 is 9.72 Å². The second-order valence-corrected chi connectivity index (χ2v) is 4.19. The molecule has 0 aliphatic heterocycles. The van der Waals surface area contributed by atoms with Gasteiger partial charge in [0.2, 0.25) is 0 Å². The van der Waals surface area contributed by atoms with E-state index in [1.165, 1.54) is 0 Å². The smallest absolute Gasteiger partial charge is 0.309 e. The molecule has 2 aromatic rings. The van der Waals surface area contributed by atoms with Gasteiger partial charge in [0.25, 0.3) is 0 Å². The number of hydrogen-bond donors (Lipinski definition) is 1. The molecule has 0 unspecified atom stereocenters. The molecule has 3 rings (SSSR count). The lowest BCUT2D eigenvalue weighted by Gasteiger charge is -1.98. The maximum absolute atomic E-state index is 11.5. The van der Waals surface area contributed by atoms with Crippen LogP contribution in [0.3, 0.4) is 0 Å². The van der Waals surface area contributed by atoms with Crippen LogP contribution in [0.15, 0.2) is 18.3 Å². The molecule has 2 aromatic heterocycles. The van der Waals surface area contributed by atoms with Gasteiger partial charge in [-0.15, -0.1) is 0 Å². The first-order chi connectivity index (χ1) is 8.29. The molecule has 17 heavy (non-hydrogen) atoms. The standard InChI is InChI=1S/C12H13N3O2/c1-2-17-12(16)8-6-7(8)10-14-9-4-3-5-13-11(9)15-10/h3-5,7-8H,2,6H2,1H3,(H,13,14,15)/t7-,8-/m1/s1. The highest BCUT2D eigenvalue weighted by molar-refractivity contribution is 5.78. The van der Waals surface area contributed by atoms with E-state index in [0.717, 1.165) is 23.4 Å². The first-order valence-corrected chi connectivity index (χ1v) is 5.77. The number of fused-ring (bicyclic) bond motifs is 1. The largest absolute Gasteiger partial charge is 0.466 e. The molecule has 88 valence electrons. The lowest BCUT2D eigenvalue weighted by molar-refractivity contribution is -0.144. The van der Waals surface area contributed by atoms with Crippen LogP contribution in [0.1, 0.15) is 25.1 Å². The quantitative estimate of drug-likeness (QED) is 0.815. The summed E-state index contributed by atoms with van der Waals surface area (Å²) in [6.45, 7) is 2.25. The van der Waals surface area contributed by atoms with Gasteiger partial charge in [-0.1, -0.05) is 0 Å². The average Bonchev–Trinajstić information content (AvgIpc) is 3.02. The van der Waals surface area contributed by atoms with Gasteiger partial charge in [-0.3, -0.25) is 4.79 Å². The Morgan fingerprint density at radius 1 is 1.65 bits per heavy atom. The van der Waals surface area contributed by atoms with Crippen LogP contribution in [-0.2, 0) is 9.53 Å². The number of ether oxygens (including phenoxy) is 1. The van der Waals surface area contributed by atoms with E-state index in [1.54, 1.807) is 6.20 Å². The van der Waals surface area contributed by atoms with Gasteiger partial charge in [0, 0.05) is 12.1 Å². The lowest BCUT2D eigenvalue weighted by Crippen LogP contribution is -2.07. The molecule has 1 saturated carbocycles. The van der Waals surface area contributed by atoms with E-state index in [9.17, 15) is 4.79 Å². The van der Waals surface area contributed by atoms with Crippen molar-refractivity contribution < 1.29 is 9.53 Å². The summed E-state index contributed by atoms with van der Waals surface area (Å²) >= 11 is 0. The number of carbonyl (C=O) groups is 1. The minimum Gasteiger partial charge on any atom is -0.466 e. The predicted molar refractivity (Wildman–Crippen MR) is 61.4 cm³/mol. The fourth-order valence-electron chi connectivity index (χ4n) is 2.04. The van der Waals surface area contributed by atoms with Crippen LogP contribution in [0.5, 0.6) is 0 Å². The Hall–Kier alpha value is -1.91. The van der Waals surface area contributed by atoms with E-state index < -0.39 is 0 Å². The van der Waals surface area contributed by atoms with E-state index >= 15 is 0 Å². The Morgan fingerprint density at radius 3 is 3.29 bits per heavy atom. The number of pyridine rings is 1. The number of nitrogens with zero attached hydrogens (tertiary/aromatic N) is 2. The summed E-state index contributed by atoms with van der Waals surface area (Å²) in [4.78, 5) is 23.3. The third-order valence-corrected chi connectivity index (χ3v) is 3.00. The van der Waals surface area contributed by atoms with Crippen LogP contribution in [0.2, 0.25) is 0 Å². The zero-order valence-electron chi connectivity index (χ0n) is 9.51. The number of aromatic amines is 1.